The maximum Gasteiger partial charge on any atom is 0.372 e. The minimum Gasteiger partial charge on any atom is -0.475 e. The molecule has 0 spiro atoms. The van der Waals surface area contributed by atoms with Crippen LogP contribution in [0.15, 0.2) is 23.3 Å². The fourth-order valence-electron chi connectivity index (χ4n) is 8.19. The maximum atomic E-state index is 12.5. The average molecular weight is 413 g/mol. The third-order valence-electron chi connectivity index (χ3n) is 9.59. The van der Waals surface area contributed by atoms with Gasteiger partial charge >= 0.3 is 5.97 Å². The summed E-state index contributed by atoms with van der Waals surface area (Å²) in [5.74, 6) is -0.264. The molecule has 0 aromatic rings. The monoisotopic (exact) mass is 412 g/mol. The second-order valence-electron chi connectivity index (χ2n) is 10.8. The van der Waals surface area contributed by atoms with Crippen LogP contribution in [-0.4, -0.2) is 22.6 Å². The Morgan fingerprint density at radius 1 is 1.13 bits per heavy atom. The van der Waals surface area contributed by atoms with Crippen molar-refractivity contribution in [2.45, 2.75) is 79.1 Å². The Bertz CT molecular complexity index is 836. The molecule has 0 aromatic carbocycles. The third kappa shape index (κ3) is 2.97. The quantitative estimate of drug-likeness (QED) is 0.616. The van der Waals surface area contributed by atoms with Crippen molar-refractivity contribution < 1.29 is 19.5 Å². The summed E-state index contributed by atoms with van der Waals surface area (Å²) in [4.78, 5) is 36.4. The molecule has 4 aliphatic carbocycles. The summed E-state index contributed by atoms with van der Waals surface area (Å²) in [5, 5.41) is 9.35. The van der Waals surface area contributed by atoms with Gasteiger partial charge in [-0.1, -0.05) is 45.3 Å². The van der Waals surface area contributed by atoms with Crippen molar-refractivity contribution in [2.75, 3.05) is 0 Å². The Kier molecular flexibility index (Phi) is 5.35. The number of ketones is 2. The van der Waals surface area contributed by atoms with Crippen LogP contribution >= 0.6 is 0 Å². The molecule has 4 heteroatoms. The zero-order chi connectivity index (χ0) is 21.8. The van der Waals surface area contributed by atoms with E-state index < -0.39 is 11.8 Å². The molecule has 30 heavy (non-hydrogen) atoms. The van der Waals surface area contributed by atoms with Crippen molar-refractivity contribution in [3.8, 4) is 0 Å². The number of carboxylic acids is 1. The molecule has 3 saturated carbocycles. The highest BCUT2D eigenvalue weighted by Gasteiger charge is 2.61. The largest absolute Gasteiger partial charge is 0.475 e. The number of carboxylic acid groups (broad SMARTS) is 1. The first-order valence-corrected chi connectivity index (χ1v) is 11.9. The number of fused-ring (bicyclic) bond motifs is 5. The SMILES string of the molecule is CCCC(C)C1=CC(=O)C=C2CC[C@@H]3[C@H](CC[C@]4(C)[C@@H](C(=O)C(=O)O)CC[C@@H]34)[C@]21C. The van der Waals surface area contributed by atoms with Crippen molar-refractivity contribution in [3.05, 3.63) is 23.3 Å². The minimum atomic E-state index is -1.27. The van der Waals surface area contributed by atoms with Gasteiger partial charge in [-0.15, -0.1) is 0 Å². The van der Waals surface area contributed by atoms with E-state index in [1.54, 1.807) is 0 Å². The highest BCUT2D eigenvalue weighted by atomic mass is 16.4. The van der Waals surface area contributed by atoms with Gasteiger partial charge in [0.2, 0.25) is 5.78 Å². The van der Waals surface area contributed by atoms with Gasteiger partial charge < -0.3 is 5.11 Å². The Labute approximate surface area is 180 Å². The topological polar surface area (TPSA) is 71.4 Å². The van der Waals surface area contributed by atoms with E-state index in [1.807, 2.05) is 12.2 Å². The molecule has 0 amide bonds. The molecular weight excluding hydrogens is 376 g/mol. The van der Waals surface area contributed by atoms with Crippen LogP contribution in [0.4, 0.5) is 0 Å². The Morgan fingerprint density at radius 2 is 1.87 bits per heavy atom. The maximum absolute atomic E-state index is 12.5. The van der Waals surface area contributed by atoms with Crippen LogP contribution in [0.3, 0.4) is 0 Å². The van der Waals surface area contributed by atoms with Crippen molar-refractivity contribution in [1.29, 1.82) is 0 Å². The van der Waals surface area contributed by atoms with Crippen molar-refractivity contribution in [3.63, 3.8) is 0 Å². The van der Waals surface area contributed by atoms with E-state index in [0.717, 1.165) is 44.9 Å². The van der Waals surface area contributed by atoms with Crippen LogP contribution in [0.25, 0.3) is 0 Å². The molecule has 0 heterocycles. The highest BCUT2D eigenvalue weighted by Crippen LogP contribution is 2.67. The zero-order valence-corrected chi connectivity index (χ0v) is 18.9. The predicted molar refractivity (Wildman–Crippen MR) is 116 cm³/mol. The van der Waals surface area contributed by atoms with Gasteiger partial charge in [0.25, 0.3) is 0 Å². The molecule has 3 fully saturated rings. The van der Waals surface area contributed by atoms with Gasteiger partial charge in [0.05, 0.1) is 0 Å². The third-order valence-corrected chi connectivity index (χ3v) is 9.59. The van der Waals surface area contributed by atoms with Gasteiger partial charge in [-0.25, -0.2) is 4.79 Å². The van der Waals surface area contributed by atoms with Gasteiger partial charge in [0.15, 0.2) is 5.78 Å². The summed E-state index contributed by atoms with van der Waals surface area (Å²) < 4.78 is 0. The van der Waals surface area contributed by atoms with E-state index in [0.29, 0.717) is 30.1 Å². The fraction of sp³-hybridized carbons (Fsp3) is 0.731. The lowest BCUT2D eigenvalue weighted by Gasteiger charge is -2.59. The van der Waals surface area contributed by atoms with Crippen LogP contribution in [0.2, 0.25) is 0 Å². The smallest absolute Gasteiger partial charge is 0.372 e. The number of carbonyl (C=O) groups excluding carboxylic acids is 2. The van der Waals surface area contributed by atoms with E-state index in [4.69, 9.17) is 0 Å². The lowest BCUT2D eigenvalue weighted by Crippen LogP contribution is -2.52. The molecule has 0 saturated heterocycles. The highest BCUT2D eigenvalue weighted by molar-refractivity contribution is 6.33. The first-order valence-electron chi connectivity index (χ1n) is 11.9. The molecule has 0 aliphatic heterocycles. The van der Waals surface area contributed by atoms with Gasteiger partial charge in [-0.2, -0.15) is 0 Å². The molecule has 4 nitrogen and oxygen atoms in total. The van der Waals surface area contributed by atoms with Crippen LogP contribution in [-0.2, 0) is 14.4 Å². The molecule has 0 radical (unpaired) electrons. The summed E-state index contributed by atoms with van der Waals surface area (Å²) >= 11 is 0. The fourth-order valence-corrected chi connectivity index (χ4v) is 8.19. The summed E-state index contributed by atoms with van der Waals surface area (Å²) in [6.45, 7) is 9.03. The van der Waals surface area contributed by atoms with Gasteiger partial charge in [-0.05, 0) is 86.2 Å². The van der Waals surface area contributed by atoms with Crippen LogP contribution in [0, 0.1) is 40.4 Å². The second-order valence-corrected chi connectivity index (χ2v) is 10.8. The second kappa shape index (κ2) is 7.46. The summed E-state index contributed by atoms with van der Waals surface area (Å²) in [5.41, 5.74) is 2.37. The lowest BCUT2D eigenvalue weighted by atomic mass is 9.45. The first kappa shape index (κ1) is 21.5. The van der Waals surface area contributed by atoms with E-state index in [1.165, 1.54) is 11.1 Å². The molecule has 0 aromatic heterocycles. The Balaban J connectivity index is 1.69. The number of carbonyl (C=O) groups is 3. The summed E-state index contributed by atoms with van der Waals surface area (Å²) in [6.07, 6.45) is 11.6. The number of hydrogen-bond donors (Lipinski definition) is 1. The van der Waals surface area contributed by atoms with Crippen molar-refractivity contribution in [1.82, 2.24) is 0 Å². The Morgan fingerprint density at radius 3 is 2.53 bits per heavy atom. The number of rotatable bonds is 5. The average Bonchev–Trinajstić information content (AvgIpc) is 3.04. The number of aliphatic carboxylic acids is 1. The minimum absolute atomic E-state index is 0.0678. The first-order chi connectivity index (χ1) is 14.1. The van der Waals surface area contributed by atoms with Gasteiger partial charge in [0.1, 0.15) is 0 Å². The van der Waals surface area contributed by atoms with Gasteiger partial charge in [0, 0.05) is 11.3 Å². The number of hydrogen-bond acceptors (Lipinski definition) is 3. The standard InChI is InChI=1S/C26H36O4/c1-5-6-15(2)22-14-17(27)13-16-7-8-18-19-9-10-21(23(28)24(29)30)25(19,3)12-11-20(18)26(16,22)4/h13-15,18-21H,5-12H2,1-4H3,(H,29,30)/t15?,18-,19-,20-,21+,25-,26-/m0/s1. The molecule has 164 valence electrons. The molecule has 4 aliphatic rings. The molecule has 1 N–H and O–H groups in total. The molecule has 1 unspecified atom stereocenters. The van der Waals surface area contributed by atoms with E-state index >= 15 is 0 Å². The van der Waals surface area contributed by atoms with E-state index in [9.17, 15) is 19.5 Å². The summed E-state index contributed by atoms with van der Waals surface area (Å²) in [6, 6.07) is 0. The molecule has 0 bridgehead atoms. The van der Waals surface area contributed by atoms with E-state index in [-0.39, 0.29) is 22.5 Å². The Hall–Kier alpha value is -1.71. The van der Waals surface area contributed by atoms with E-state index in [2.05, 4.69) is 27.7 Å². The van der Waals surface area contributed by atoms with Crippen LogP contribution in [0.1, 0.15) is 79.1 Å². The lowest BCUT2D eigenvalue weighted by molar-refractivity contribution is -0.154. The number of Topliss-reactive ketones (excluding diaryl/α,β-unsaturated/α-hetero) is 1. The van der Waals surface area contributed by atoms with Crippen LogP contribution in [0.5, 0.6) is 0 Å². The van der Waals surface area contributed by atoms with Crippen molar-refractivity contribution in [2.24, 2.45) is 40.4 Å². The van der Waals surface area contributed by atoms with Crippen molar-refractivity contribution >= 4 is 17.5 Å². The number of allylic oxidation sites excluding steroid dienone is 4. The molecule has 4 rings (SSSR count). The molecule has 7 atom stereocenters. The summed E-state index contributed by atoms with van der Waals surface area (Å²) in [7, 11) is 0. The normalized spacial score (nSPS) is 41.1. The zero-order valence-electron chi connectivity index (χ0n) is 18.9. The molecular formula is C26H36O4. The predicted octanol–water partition coefficient (Wildman–Crippen LogP) is 5.37. The van der Waals surface area contributed by atoms with Gasteiger partial charge in [-0.3, -0.25) is 9.59 Å². The van der Waals surface area contributed by atoms with Crippen LogP contribution < -0.4 is 0 Å².